The third-order valence-corrected chi connectivity index (χ3v) is 6.92. The lowest BCUT2D eigenvalue weighted by Crippen LogP contribution is -2.30. The minimum atomic E-state index is -4.74. The maximum absolute atomic E-state index is 12.5. The molecule has 0 radical (unpaired) electrons. The highest BCUT2D eigenvalue weighted by atomic mass is 35.5. The van der Waals surface area contributed by atoms with Gasteiger partial charge in [-0.25, -0.2) is 5.01 Å². The van der Waals surface area contributed by atoms with E-state index in [-0.39, 0.29) is 17.4 Å². The van der Waals surface area contributed by atoms with Gasteiger partial charge in [0.05, 0.1) is 28.4 Å². The Labute approximate surface area is 230 Å². The third-order valence-electron chi connectivity index (χ3n) is 5.70. The molecule has 5 rings (SSSR count). The number of nitrogens with zero attached hydrogens (tertiary/aromatic N) is 5. The number of amides is 1. The van der Waals surface area contributed by atoms with Crippen LogP contribution in [0.15, 0.2) is 82.0 Å². The van der Waals surface area contributed by atoms with Gasteiger partial charge in [0.25, 0.3) is 0 Å². The van der Waals surface area contributed by atoms with Crippen molar-refractivity contribution in [3.8, 4) is 5.75 Å². The Bertz CT molecular complexity index is 1460. The number of alkyl halides is 3. The summed E-state index contributed by atoms with van der Waals surface area (Å²) < 4.78 is 41.0. The summed E-state index contributed by atoms with van der Waals surface area (Å²) in [7, 11) is 0. The molecule has 3 aromatic rings. The SMILES string of the molecule is Cc1cccc(Cl)c1N1C(=O)CS/C1=N\N=C\c1ccc(C2=NN(c3ccc(OC(F)(F)F)cc3)CN2)cc1. The highest BCUT2D eigenvalue weighted by Crippen LogP contribution is 2.35. The van der Waals surface area contributed by atoms with Crippen LogP contribution in [-0.4, -0.2) is 41.9 Å². The van der Waals surface area contributed by atoms with E-state index in [1.807, 2.05) is 43.3 Å². The van der Waals surface area contributed by atoms with Crippen LogP contribution in [0.25, 0.3) is 0 Å². The second-order valence-corrected chi connectivity index (χ2v) is 9.75. The van der Waals surface area contributed by atoms with Crippen LogP contribution in [0.2, 0.25) is 5.02 Å². The Morgan fingerprint density at radius 3 is 2.54 bits per heavy atom. The first-order valence-corrected chi connectivity index (χ1v) is 12.9. The summed E-state index contributed by atoms with van der Waals surface area (Å²) in [4.78, 5) is 14.0. The molecule has 200 valence electrons. The Hall–Kier alpha value is -4.03. The summed E-state index contributed by atoms with van der Waals surface area (Å²) in [5.74, 6) is 0.459. The predicted molar refractivity (Wildman–Crippen MR) is 148 cm³/mol. The molecular formula is C26H20ClF3N6O2S. The van der Waals surface area contributed by atoms with Gasteiger partial charge < -0.3 is 10.1 Å². The number of nitrogens with one attached hydrogen (secondary N) is 1. The number of ether oxygens (including phenoxy) is 1. The van der Waals surface area contributed by atoms with Crippen LogP contribution in [-0.2, 0) is 4.79 Å². The topological polar surface area (TPSA) is 81.9 Å². The van der Waals surface area contributed by atoms with Gasteiger partial charge >= 0.3 is 6.36 Å². The lowest BCUT2D eigenvalue weighted by Gasteiger charge is -2.19. The van der Waals surface area contributed by atoms with Crippen LogP contribution in [0.3, 0.4) is 0 Å². The number of hydrazone groups is 1. The van der Waals surface area contributed by atoms with E-state index in [4.69, 9.17) is 11.6 Å². The molecule has 0 bridgehead atoms. The number of para-hydroxylation sites is 1. The molecule has 1 fully saturated rings. The van der Waals surface area contributed by atoms with Crippen LogP contribution in [0.1, 0.15) is 16.7 Å². The summed E-state index contributed by atoms with van der Waals surface area (Å²) in [6.07, 6.45) is -3.16. The number of carbonyl (C=O) groups excluding carboxylic acids is 1. The van der Waals surface area contributed by atoms with E-state index in [0.29, 0.717) is 34.1 Å². The fourth-order valence-electron chi connectivity index (χ4n) is 3.90. The predicted octanol–water partition coefficient (Wildman–Crippen LogP) is 5.75. The van der Waals surface area contributed by atoms with Crippen molar-refractivity contribution in [1.29, 1.82) is 0 Å². The maximum atomic E-state index is 12.5. The number of amidine groups is 2. The van der Waals surface area contributed by atoms with Crippen LogP contribution >= 0.6 is 23.4 Å². The van der Waals surface area contributed by atoms with Crippen LogP contribution in [0, 0.1) is 6.92 Å². The van der Waals surface area contributed by atoms with Gasteiger partial charge in [0, 0.05) is 5.56 Å². The summed E-state index contributed by atoms with van der Waals surface area (Å²) >= 11 is 7.65. The Morgan fingerprint density at radius 1 is 1.10 bits per heavy atom. The monoisotopic (exact) mass is 572 g/mol. The molecule has 1 saturated heterocycles. The first-order chi connectivity index (χ1) is 18.7. The number of carbonyl (C=O) groups is 1. The zero-order chi connectivity index (χ0) is 27.6. The zero-order valence-corrected chi connectivity index (χ0v) is 21.9. The van der Waals surface area contributed by atoms with Gasteiger partial charge in [-0.3, -0.25) is 9.69 Å². The van der Waals surface area contributed by atoms with Gasteiger partial charge in [-0.15, -0.1) is 18.3 Å². The minimum Gasteiger partial charge on any atom is -0.406 e. The Morgan fingerprint density at radius 2 is 1.85 bits per heavy atom. The van der Waals surface area contributed by atoms with Crippen molar-refractivity contribution in [3.05, 3.63) is 88.4 Å². The molecule has 0 saturated carbocycles. The van der Waals surface area contributed by atoms with Crippen molar-refractivity contribution in [1.82, 2.24) is 5.32 Å². The molecule has 8 nitrogen and oxygen atoms in total. The van der Waals surface area contributed by atoms with Crippen LogP contribution in [0.4, 0.5) is 24.5 Å². The smallest absolute Gasteiger partial charge is 0.406 e. The normalized spacial score (nSPS) is 16.8. The largest absolute Gasteiger partial charge is 0.573 e. The number of benzene rings is 3. The molecular weight excluding hydrogens is 553 g/mol. The average molecular weight is 573 g/mol. The molecule has 0 aliphatic carbocycles. The number of aryl methyl sites for hydroxylation is 1. The number of thioether (sulfide) groups is 1. The van der Waals surface area contributed by atoms with Gasteiger partial charge in [-0.1, -0.05) is 59.8 Å². The summed E-state index contributed by atoms with van der Waals surface area (Å²) in [5, 5.41) is 18.6. The standard InChI is InChI=1S/C26H20ClF3N6O2S/c1-16-3-2-4-21(27)23(16)36-22(37)14-39-25(36)33-32-13-17-5-7-18(8-6-17)24-31-15-35(34-24)19-9-11-20(12-10-19)38-26(28,29)30/h2-13H,14-15H2,1H3,(H,31,34)/b32-13+,33-25-. The molecule has 2 heterocycles. The van der Waals surface area contributed by atoms with Gasteiger partial charge in [0.15, 0.2) is 11.0 Å². The van der Waals surface area contributed by atoms with Gasteiger partial charge in [0.2, 0.25) is 5.91 Å². The van der Waals surface area contributed by atoms with Gasteiger partial charge in [0.1, 0.15) is 12.4 Å². The number of anilines is 2. The van der Waals surface area contributed by atoms with Crippen molar-refractivity contribution in [2.24, 2.45) is 15.3 Å². The van der Waals surface area contributed by atoms with Crippen LogP contribution in [0.5, 0.6) is 5.75 Å². The maximum Gasteiger partial charge on any atom is 0.573 e. The zero-order valence-electron chi connectivity index (χ0n) is 20.3. The van der Waals surface area contributed by atoms with Crippen molar-refractivity contribution in [2.75, 3.05) is 22.3 Å². The Balaban J connectivity index is 1.25. The summed E-state index contributed by atoms with van der Waals surface area (Å²) in [6, 6.07) is 18.3. The van der Waals surface area contributed by atoms with E-state index in [1.54, 1.807) is 17.3 Å². The fraction of sp³-hybridized carbons (Fsp3) is 0.154. The highest BCUT2D eigenvalue weighted by Gasteiger charge is 2.32. The molecule has 0 atom stereocenters. The van der Waals surface area contributed by atoms with Crippen molar-refractivity contribution < 1.29 is 22.7 Å². The van der Waals surface area contributed by atoms with Crippen molar-refractivity contribution in [3.63, 3.8) is 0 Å². The van der Waals surface area contributed by atoms with Crippen molar-refractivity contribution in [2.45, 2.75) is 13.3 Å². The molecule has 39 heavy (non-hydrogen) atoms. The Kier molecular flexibility index (Phi) is 7.49. The van der Waals surface area contributed by atoms with E-state index < -0.39 is 6.36 Å². The quantitative estimate of drug-likeness (QED) is 0.301. The van der Waals surface area contributed by atoms with E-state index in [2.05, 4.69) is 25.4 Å². The van der Waals surface area contributed by atoms with Crippen molar-refractivity contribution >= 4 is 57.9 Å². The van der Waals surface area contributed by atoms with Gasteiger partial charge in [-0.05, 0) is 48.4 Å². The first-order valence-electron chi connectivity index (χ1n) is 11.6. The fourth-order valence-corrected chi connectivity index (χ4v) is 5.02. The van der Waals surface area contributed by atoms with Crippen LogP contribution < -0.4 is 20.0 Å². The lowest BCUT2D eigenvalue weighted by molar-refractivity contribution is -0.274. The van der Waals surface area contributed by atoms with E-state index in [1.165, 1.54) is 40.9 Å². The molecule has 0 unspecified atom stereocenters. The lowest BCUT2D eigenvalue weighted by atomic mass is 10.1. The number of halogens is 4. The van der Waals surface area contributed by atoms with Gasteiger partial charge in [-0.2, -0.15) is 10.2 Å². The molecule has 1 N–H and O–H groups in total. The average Bonchev–Trinajstić information content (AvgIpc) is 3.52. The van der Waals surface area contributed by atoms with E-state index >= 15 is 0 Å². The first kappa shape index (κ1) is 26.6. The molecule has 3 aromatic carbocycles. The summed E-state index contributed by atoms with van der Waals surface area (Å²) in [6.45, 7) is 2.24. The second kappa shape index (κ2) is 11.0. The third kappa shape index (κ3) is 6.18. The minimum absolute atomic E-state index is 0.112. The highest BCUT2D eigenvalue weighted by molar-refractivity contribution is 8.15. The second-order valence-electron chi connectivity index (χ2n) is 8.40. The number of rotatable bonds is 6. The summed E-state index contributed by atoms with van der Waals surface area (Å²) in [5.41, 5.74) is 3.68. The molecule has 13 heteroatoms. The molecule has 1 amide bonds. The van der Waals surface area contributed by atoms with E-state index in [0.717, 1.165) is 16.7 Å². The molecule has 2 aliphatic heterocycles. The molecule has 2 aliphatic rings. The molecule has 0 spiro atoms. The molecule has 0 aromatic heterocycles. The van der Waals surface area contributed by atoms with E-state index in [9.17, 15) is 18.0 Å². The number of hydrogen-bond donors (Lipinski definition) is 1. The number of hydrogen-bond acceptors (Lipinski definition) is 8.